The highest BCUT2D eigenvalue weighted by atomic mass is 28.4. The van der Waals surface area contributed by atoms with Crippen LogP contribution in [0.1, 0.15) is 41.5 Å². The summed E-state index contributed by atoms with van der Waals surface area (Å²) in [5.74, 6) is -0.644. The minimum Gasteiger partial charge on any atom is -0.455 e. The Bertz CT molecular complexity index is 549. The molecule has 2 rings (SSSR count). The first-order valence-electron chi connectivity index (χ1n) is 9.38. The Balaban J connectivity index is 2.30. The molecular weight excluding hydrogens is 368 g/mol. The molecule has 0 spiro atoms. The first-order valence-corrected chi connectivity index (χ1v) is 15.2. The topological polar surface area (TPSA) is 74.2 Å². The monoisotopic (exact) mass is 404 g/mol. The van der Waals surface area contributed by atoms with Crippen LogP contribution in [0.5, 0.6) is 0 Å². The van der Waals surface area contributed by atoms with Crippen LogP contribution in [0.3, 0.4) is 0 Å². The summed E-state index contributed by atoms with van der Waals surface area (Å²) in [6.45, 7) is 21.6. The van der Waals surface area contributed by atoms with Crippen molar-refractivity contribution in [3.63, 3.8) is 0 Å². The van der Waals surface area contributed by atoms with Gasteiger partial charge in [0, 0.05) is 0 Å². The van der Waals surface area contributed by atoms with Crippen molar-refractivity contribution >= 4 is 22.6 Å². The van der Waals surface area contributed by atoms with Gasteiger partial charge in [-0.15, -0.1) is 0 Å². The lowest BCUT2D eigenvalue weighted by atomic mass is 10.1. The Morgan fingerprint density at radius 3 is 1.81 bits per heavy atom. The van der Waals surface area contributed by atoms with Gasteiger partial charge < -0.3 is 23.4 Å². The second-order valence-corrected chi connectivity index (χ2v) is 20.0. The van der Waals surface area contributed by atoms with Crippen molar-refractivity contribution in [3.05, 3.63) is 0 Å². The van der Waals surface area contributed by atoms with Crippen LogP contribution in [-0.2, 0) is 23.1 Å². The molecule has 26 heavy (non-hydrogen) atoms. The first kappa shape index (κ1) is 22.0. The average Bonchev–Trinajstić information content (AvgIpc) is 2.86. The minimum atomic E-state index is -2.15. The molecule has 2 aliphatic rings. The third-order valence-electron chi connectivity index (χ3n) is 6.47. The molecule has 0 bridgehead atoms. The Labute approximate surface area is 159 Å². The number of carbonyl (C=O) groups excluding carboxylic acids is 1. The SMILES string of the molecule is CC(C)(C)[Si](C)(C)OC1O[C@H]2[C@H](OC(=O)[C@H]2O)[C@H]1O[Si](C)(C)C(C)(C)C. The van der Waals surface area contributed by atoms with Gasteiger partial charge in [-0.3, -0.25) is 0 Å². The molecule has 1 unspecified atom stereocenters. The van der Waals surface area contributed by atoms with E-state index in [4.69, 9.17) is 18.3 Å². The van der Waals surface area contributed by atoms with Crippen LogP contribution in [0, 0.1) is 0 Å². The molecule has 2 saturated heterocycles. The maximum absolute atomic E-state index is 11.8. The molecule has 0 aromatic heterocycles. The van der Waals surface area contributed by atoms with Gasteiger partial charge in [0.2, 0.25) is 0 Å². The van der Waals surface area contributed by atoms with Crippen molar-refractivity contribution in [2.75, 3.05) is 0 Å². The standard InChI is InChI=1S/C18H36O6Si2/c1-17(2,3)25(7,8)23-14-13-12(11(19)15(20)21-13)22-16(14)24-26(9,10)18(4,5)6/h11-14,16,19H,1-10H3/t11-,12+,13-,14+,16?/m0/s1. The second kappa shape index (κ2) is 6.67. The van der Waals surface area contributed by atoms with E-state index in [2.05, 4.69) is 67.7 Å². The second-order valence-electron chi connectivity index (χ2n) is 10.5. The van der Waals surface area contributed by atoms with E-state index in [1.807, 2.05) is 0 Å². The third kappa shape index (κ3) is 3.95. The maximum Gasteiger partial charge on any atom is 0.338 e. The molecule has 6 nitrogen and oxygen atoms in total. The molecule has 0 aromatic carbocycles. The first-order chi connectivity index (χ1) is 11.5. The number of hydrogen-bond acceptors (Lipinski definition) is 6. The van der Waals surface area contributed by atoms with E-state index in [0.717, 1.165) is 0 Å². The van der Waals surface area contributed by atoms with E-state index in [1.54, 1.807) is 0 Å². The third-order valence-corrected chi connectivity index (χ3v) is 15.4. The number of ether oxygens (including phenoxy) is 2. The summed E-state index contributed by atoms with van der Waals surface area (Å²) in [6, 6.07) is 0. The van der Waals surface area contributed by atoms with E-state index in [0.29, 0.717) is 0 Å². The molecule has 0 aliphatic carbocycles. The summed E-state index contributed by atoms with van der Waals surface area (Å²) >= 11 is 0. The molecular formula is C18H36O6Si2. The van der Waals surface area contributed by atoms with Crippen LogP contribution in [0.4, 0.5) is 0 Å². The molecule has 2 heterocycles. The van der Waals surface area contributed by atoms with Crippen molar-refractivity contribution in [1.29, 1.82) is 0 Å². The zero-order valence-corrected chi connectivity index (χ0v) is 19.9. The van der Waals surface area contributed by atoms with Gasteiger partial charge in [-0.05, 0) is 36.3 Å². The summed E-state index contributed by atoms with van der Waals surface area (Å²) in [5, 5.41) is 10.1. The van der Waals surface area contributed by atoms with Gasteiger partial charge in [0.25, 0.3) is 0 Å². The molecule has 152 valence electrons. The average molecular weight is 405 g/mol. The Kier molecular flexibility index (Phi) is 5.65. The predicted octanol–water partition coefficient (Wildman–Crippen LogP) is 3.41. The predicted molar refractivity (Wildman–Crippen MR) is 105 cm³/mol. The number of carbonyl (C=O) groups is 1. The van der Waals surface area contributed by atoms with E-state index in [-0.39, 0.29) is 10.1 Å². The van der Waals surface area contributed by atoms with Gasteiger partial charge in [0.1, 0.15) is 12.2 Å². The van der Waals surface area contributed by atoms with Gasteiger partial charge in [-0.2, -0.15) is 0 Å². The van der Waals surface area contributed by atoms with Crippen LogP contribution >= 0.6 is 0 Å². The van der Waals surface area contributed by atoms with Gasteiger partial charge in [0.15, 0.2) is 35.1 Å². The molecule has 0 radical (unpaired) electrons. The van der Waals surface area contributed by atoms with E-state index in [1.165, 1.54) is 0 Å². The van der Waals surface area contributed by atoms with Gasteiger partial charge in [0.05, 0.1) is 0 Å². The highest BCUT2D eigenvalue weighted by molar-refractivity contribution is 6.74. The lowest BCUT2D eigenvalue weighted by Gasteiger charge is -2.43. The fraction of sp³-hybridized carbons (Fsp3) is 0.944. The van der Waals surface area contributed by atoms with Crippen LogP contribution in [-0.4, -0.2) is 58.4 Å². The quantitative estimate of drug-likeness (QED) is 0.572. The van der Waals surface area contributed by atoms with Crippen molar-refractivity contribution < 1.29 is 28.2 Å². The molecule has 0 saturated carbocycles. The highest BCUT2D eigenvalue weighted by Crippen LogP contribution is 2.45. The van der Waals surface area contributed by atoms with Crippen molar-refractivity contribution in [1.82, 2.24) is 0 Å². The zero-order chi connectivity index (χ0) is 20.3. The van der Waals surface area contributed by atoms with Gasteiger partial charge in [-0.1, -0.05) is 41.5 Å². The number of hydrogen-bond donors (Lipinski definition) is 1. The summed E-state index contributed by atoms with van der Waals surface area (Å²) < 4.78 is 24.4. The van der Waals surface area contributed by atoms with E-state index < -0.39 is 53.3 Å². The largest absolute Gasteiger partial charge is 0.455 e. The van der Waals surface area contributed by atoms with Crippen molar-refractivity contribution in [2.24, 2.45) is 0 Å². The number of esters is 1. The lowest BCUT2D eigenvalue weighted by molar-refractivity contribution is -0.163. The summed E-state index contributed by atoms with van der Waals surface area (Å²) in [5.41, 5.74) is 0. The summed E-state index contributed by atoms with van der Waals surface area (Å²) in [7, 11) is -4.29. The fourth-order valence-corrected chi connectivity index (χ4v) is 4.98. The summed E-state index contributed by atoms with van der Waals surface area (Å²) in [4.78, 5) is 11.8. The molecule has 2 aliphatic heterocycles. The smallest absolute Gasteiger partial charge is 0.338 e. The number of rotatable bonds is 4. The maximum atomic E-state index is 11.8. The Hall–Kier alpha value is -0.256. The molecule has 5 atom stereocenters. The normalized spacial score (nSPS) is 33.3. The van der Waals surface area contributed by atoms with E-state index in [9.17, 15) is 9.90 Å². The number of aliphatic hydroxyl groups is 1. The van der Waals surface area contributed by atoms with Gasteiger partial charge in [-0.25, -0.2) is 4.79 Å². The summed E-state index contributed by atoms with van der Waals surface area (Å²) in [6.07, 6.45) is -3.79. The van der Waals surface area contributed by atoms with Crippen LogP contribution < -0.4 is 0 Å². The minimum absolute atomic E-state index is 0.00484. The molecule has 1 N–H and O–H groups in total. The van der Waals surface area contributed by atoms with E-state index >= 15 is 0 Å². The highest BCUT2D eigenvalue weighted by Gasteiger charge is 2.61. The van der Waals surface area contributed by atoms with Crippen LogP contribution in [0.15, 0.2) is 0 Å². The lowest BCUT2D eigenvalue weighted by Crippen LogP contribution is -2.53. The van der Waals surface area contributed by atoms with Crippen molar-refractivity contribution in [2.45, 2.75) is 109 Å². The van der Waals surface area contributed by atoms with Gasteiger partial charge >= 0.3 is 5.97 Å². The molecule has 0 aromatic rings. The zero-order valence-electron chi connectivity index (χ0n) is 17.9. The van der Waals surface area contributed by atoms with Crippen LogP contribution in [0.2, 0.25) is 36.3 Å². The number of fused-ring (bicyclic) bond motifs is 1. The van der Waals surface area contributed by atoms with Crippen LogP contribution in [0.25, 0.3) is 0 Å². The molecule has 8 heteroatoms. The molecule has 0 amide bonds. The number of aliphatic hydroxyl groups excluding tert-OH is 1. The molecule has 2 fully saturated rings. The van der Waals surface area contributed by atoms with Crippen molar-refractivity contribution in [3.8, 4) is 0 Å². The Morgan fingerprint density at radius 1 is 0.885 bits per heavy atom. The Morgan fingerprint density at radius 2 is 1.35 bits per heavy atom. The fourth-order valence-electron chi connectivity index (χ4n) is 2.58.